The first-order valence-electron chi connectivity index (χ1n) is 10.3. The van der Waals surface area contributed by atoms with Crippen molar-refractivity contribution in [3.63, 3.8) is 0 Å². The molecule has 1 unspecified atom stereocenters. The fourth-order valence-electron chi connectivity index (χ4n) is 4.44. The van der Waals surface area contributed by atoms with E-state index in [0.29, 0.717) is 23.9 Å². The van der Waals surface area contributed by atoms with Crippen molar-refractivity contribution in [3.05, 3.63) is 69.9 Å². The highest BCUT2D eigenvalue weighted by Gasteiger charge is 2.36. The molecule has 30 heavy (non-hydrogen) atoms. The van der Waals surface area contributed by atoms with Gasteiger partial charge < -0.3 is 9.30 Å². The quantitative estimate of drug-likeness (QED) is 0.510. The largest absolute Gasteiger partial charge is 0.447 e. The second-order valence-electron chi connectivity index (χ2n) is 8.05. The molecular weight excluding hydrogens is 403 g/mol. The summed E-state index contributed by atoms with van der Waals surface area (Å²) in [6, 6.07) is 14.0. The smallest absolute Gasteiger partial charge is 0.410 e. The van der Waals surface area contributed by atoms with Crippen LogP contribution in [-0.4, -0.2) is 35.4 Å². The number of alkyl halides is 1. The van der Waals surface area contributed by atoms with Crippen LogP contribution in [0.5, 0.6) is 0 Å². The van der Waals surface area contributed by atoms with Gasteiger partial charge in [0.2, 0.25) is 0 Å². The van der Waals surface area contributed by atoms with Crippen LogP contribution >= 0.6 is 11.6 Å². The lowest BCUT2D eigenvalue weighted by Gasteiger charge is -2.36. The van der Waals surface area contributed by atoms with E-state index in [0.717, 1.165) is 22.2 Å². The molecule has 1 atom stereocenters. The molecule has 0 aliphatic carbocycles. The van der Waals surface area contributed by atoms with Crippen LogP contribution in [0.2, 0.25) is 5.02 Å². The van der Waals surface area contributed by atoms with Crippen molar-refractivity contribution >= 4 is 28.6 Å². The number of halogens is 2. The van der Waals surface area contributed by atoms with Crippen molar-refractivity contribution in [1.82, 2.24) is 9.47 Å². The number of hydrogen-bond acceptors (Lipinski definition) is 2. The van der Waals surface area contributed by atoms with Crippen molar-refractivity contribution in [2.24, 2.45) is 7.05 Å². The van der Waals surface area contributed by atoms with E-state index in [1.165, 1.54) is 11.1 Å². The van der Waals surface area contributed by atoms with Gasteiger partial charge in [0.1, 0.15) is 19.3 Å². The molecule has 1 amide bonds. The standard InChI is InChI=1S/C24H26ClFN2O2/c1-15(2)16-4-6-17(7-5-16)22-23-19(10-12-28(22)24(29)30-13-11-26)20-14-18(25)8-9-21(20)27(23)3/h4-9,14-15,22H,10-13H2,1-3H3. The third kappa shape index (κ3) is 3.56. The molecule has 0 spiro atoms. The fourth-order valence-corrected chi connectivity index (χ4v) is 4.61. The molecule has 0 fully saturated rings. The molecular formula is C24H26ClFN2O2. The monoisotopic (exact) mass is 428 g/mol. The Balaban J connectivity index is 1.87. The van der Waals surface area contributed by atoms with Gasteiger partial charge in [-0.05, 0) is 47.2 Å². The van der Waals surface area contributed by atoms with E-state index in [9.17, 15) is 9.18 Å². The van der Waals surface area contributed by atoms with Crippen LogP contribution in [0.1, 0.15) is 48.2 Å². The molecule has 4 rings (SSSR count). The van der Waals surface area contributed by atoms with Gasteiger partial charge in [-0.3, -0.25) is 4.90 Å². The molecule has 158 valence electrons. The van der Waals surface area contributed by atoms with Gasteiger partial charge in [-0.15, -0.1) is 0 Å². The summed E-state index contributed by atoms with van der Waals surface area (Å²) in [4.78, 5) is 14.5. The number of rotatable bonds is 4. The Morgan fingerprint density at radius 3 is 2.63 bits per heavy atom. The Bertz CT molecular complexity index is 1070. The molecule has 2 heterocycles. The molecule has 0 saturated carbocycles. The summed E-state index contributed by atoms with van der Waals surface area (Å²) in [5, 5.41) is 1.80. The van der Waals surface area contributed by atoms with E-state index in [2.05, 4.69) is 42.7 Å². The summed E-state index contributed by atoms with van der Waals surface area (Å²) in [5.74, 6) is 0.423. The van der Waals surface area contributed by atoms with E-state index >= 15 is 0 Å². The average molecular weight is 429 g/mol. The zero-order valence-electron chi connectivity index (χ0n) is 17.5. The van der Waals surface area contributed by atoms with Crippen molar-refractivity contribution in [1.29, 1.82) is 0 Å². The average Bonchev–Trinajstić information content (AvgIpc) is 3.03. The number of carbonyl (C=O) groups is 1. The number of ether oxygens (including phenoxy) is 1. The number of carbonyl (C=O) groups excluding carboxylic acids is 1. The zero-order valence-corrected chi connectivity index (χ0v) is 18.2. The number of fused-ring (bicyclic) bond motifs is 3. The van der Waals surface area contributed by atoms with Crippen LogP contribution < -0.4 is 0 Å². The normalized spacial score (nSPS) is 16.2. The minimum Gasteiger partial charge on any atom is -0.447 e. The molecule has 0 bridgehead atoms. The SMILES string of the molecule is CC(C)c1ccc(C2c3c(c4cc(Cl)ccc4n3C)CCN2C(=O)OCCF)cc1. The lowest BCUT2D eigenvalue weighted by molar-refractivity contribution is 0.0831. The molecule has 0 saturated heterocycles. The maximum atomic E-state index is 12.8. The first-order chi connectivity index (χ1) is 14.4. The number of aromatic nitrogens is 1. The zero-order chi connectivity index (χ0) is 21.4. The van der Waals surface area contributed by atoms with Crippen molar-refractivity contribution < 1.29 is 13.9 Å². The highest BCUT2D eigenvalue weighted by atomic mass is 35.5. The van der Waals surface area contributed by atoms with Crippen LogP contribution in [0.3, 0.4) is 0 Å². The molecule has 4 nitrogen and oxygen atoms in total. The van der Waals surface area contributed by atoms with Gasteiger partial charge in [-0.2, -0.15) is 0 Å². The van der Waals surface area contributed by atoms with Crippen LogP contribution in [0.25, 0.3) is 10.9 Å². The van der Waals surface area contributed by atoms with E-state index in [4.69, 9.17) is 16.3 Å². The Hall–Kier alpha value is -2.53. The summed E-state index contributed by atoms with van der Waals surface area (Å²) < 4.78 is 19.9. The number of nitrogens with zero attached hydrogens (tertiary/aromatic N) is 2. The molecule has 1 aliphatic rings. The summed E-state index contributed by atoms with van der Waals surface area (Å²) in [5.41, 5.74) is 5.57. The third-order valence-electron chi connectivity index (χ3n) is 5.95. The van der Waals surface area contributed by atoms with E-state index < -0.39 is 12.8 Å². The minimum atomic E-state index is -0.689. The van der Waals surface area contributed by atoms with Gasteiger partial charge in [-0.1, -0.05) is 49.7 Å². The summed E-state index contributed by atoms with van der Waals surface area (Å²) in [7, 11) is 2.01. The predicted molar refractivity (Wildman–Crippen MR) is 118 cm³/mol. The maximum absolute atomic E-state index is 12.8. The van der Waals surface area contributed by atoms with Crippen LogP contribution in [0.15, 0.2) is 42.5 Å². The highest BCUT2D eigenvalue weighted by molar-refractivity contribution is 6.31. The van der Waals surface area contributed by atoms with Gasteiger partial charge in [0.15, 0.2) is 0 Å². The van der Waals surface area contributed by atoms with Gasteiger partial charge in [-0.25, -0.2) is 9.18 Å². The van der Waals surface area contributed by atoms with Gasteiger partial charge in [0.05, 0.1) is 0 Å². The van der Waals surface area contributed by atoms with Crippen LogP contribution in [0, 0.1) is 0 Å². The molecule has 6 heteroatoms. The Kier molecular flexibility index (Phi) is 5.74. The van der Waals surface area contributed by atoms with Gasteiger partial charge in [0.25, 0.3) is 0 Å². The Morgan fingerprint density at radius 2 is 1.97 bits per heavy atom. The second-order valence-corrected chi connectivity index (χ2v) is 8.49. The highest BCUT2D eigenvalue weighted by Crippen LogP contribution is 2.41. The first-order valence-corrected chi connectivity index (χ1v) is 10.7. The first kappa shape index (κ1) is 20.7. The van der Waals surface area contributed by atoms with E-state index in [1.807, 2.05) is 25.2 Å². The molecule has 1 aromatic heterocycles. The third-order valence-corrected chi connectivity index (χ3v) is 6.18. The molecule has 0 N–H and O–H groups in total. The fraction of sp³-hybridized carbons (Fsp3) is 0.375. The molecule has 0 radical (unpaired) electrons. The van der Waals surface area contributed by atoms with Crippen molar-refractivity contribution in [2.45, 2.75) is 32.2 Å². The van der Waals surface area contributed by atoms with Crippen LogP contribution in [-0.2, 0) is 18.2 Å². The van der Waals surface area contributed by atoms with Crippen LogP contribution in [0.4, 0.5) is 9.18 Å². The minimum absolute atomic E-state index is 0.230. The van der Waals surface area contributed by atoms with Gasteiger partial charge in [0, 0.05) is 35.2 Å². The number of amides is 1. The van der Waals surface area contributed by atoms with Gasteiger partial charge >= 0.3 is 6.09 Å². The predicted octanol–water partition coefficient (Wildman–Crippen LogP) is 6.01. The van der Waals surface area contributed by atoms with E-state index in [1.54, 1.807) is 4.90 Å². The summed E-state index contributed by atoms with van der Waals surface area (Å²) in [6.45, 7) is 3.89. The molecule has 1 aliphatic heterocycles. The van der Waals surface area contributed by atoms with Crippen molar-refractivity contribution in [2.75, 3.05) is 19.8 Å². The number of benzene rings is 2. The topological polar surface area (TPSA) is 34.5 Å². The van der Waals surface area contributed by atoms with E-state index in [-0.39, 0.29) is 12.6 Å². The Labute approximate surface area is 181 Å². The number of aryl methyl sites for hydroxylation is 1. The maximum Gasteiger partial charge on any atom is 0.410 e. The Morgan fingerprint density at radius 1 is 1.23 bits per heavy atom. The second kappa shape index (κ2) is 8.31. The summed E-state index contributed by atoms with van der Waals surface area (Å²) >= 11 is 6.28. The lowest BCUT2D eigenvalue weighted by Crippen LogP contribution is -2.41. The molecule has 2 aromatic carbocycles. The van der Waals surface area contributed by atoms with Crippen molar-refractivity contribution in [3.8, 4) is 0 Å². The summed E-state index contributed by atoms with van der Waals surface area (Å²) in [6.07, 6.45) is 0.206. The number of hydrogen-bond donors (Lipinski definition) is 0. The molecule has 3 aromatic rings. The lowest BCUT2D eigenvalue weighted by atomic mass is 9.91.